The van der Waals surface area contributed by atoms with Crippen molar-refractivity contribution in [3.8, 4) is 0 Å². The molecule has 0 aromatic rings. The second kappa shape index (κ2) is 2.46. The molecule has 0 bridgehead atoms. The van der Waals surface area contributed by atoms with E-state index in [-0.39, 0.29) is 0 Å². The zero-order valence-corrected chi connectivity index (χ0v) is 8.44. The van der Waals surface area contributed by atoms with Crippen molar-refractivity contribution in [2.24, 2.45) is 0 Å². The molecule has 1 saturated heterocycles. The molecule has 14 heavy (non-hydrogen) atoms. The fraction of sp³-hybridized carbons (Fsp3) is 0.600. The number of ether oxygens (including phenoxy) is 2. The van der Waals surface area contributed by atoms with Crippen LogP contribution in [0.1, 0.15) is 20.8 Å². The molecule has 1 fully saturated rings. The molecule has 1 aliphatic carbocycles. The van der Waals surface area contributed by atoms with Crippen molar-refractivity contribution in [2.75, 3.05) is 0 Å². The smallest absolute Gasteiger partial charge is 0.251 e. The number of aliphatic hydroxyl groups is 2. The summed E-state index contributed by atoms with van der Waals surface area (Å²) in [7, 11) is 0. The second-order valence-corrected chi connectivity index (χ2v) is 4.15. The first-order valence-corrected chi connectivity index (χ1v) is 4.51. The van der Waals surface area contributed by atoms with E-state index in [0.717, 1.165) is 0 Å². The largest absolute Gasteiger partial charge is 0.358 e. The maximum atomic E-state index is 10.2. The summed E-state index contributed by atoms with van der Waals surface area (Å²) in [5.74, 6) is -4.56. The molecule has 0 amide bonds. The Balaban J connectivity index is 2.49. The highest BCUT2D eigenvalue weighted by atomic mass is 16.9. The highest BCUT2D eigenvalue weighted by Gasteiger charge is 2.63. The van der Waals surface area contributed by atoms with Gasteiger partial charge in [0, 0.05) is 0 Å². The topological polar surface area (TPSA) is 58.9 Å². The van der Waals surface area contributed by atoms with Gasteiger partial charge in [-0.3, -0.25) is 0 Å². The fourth-order valence-electron chi connectivity index (χ4n) is 1.84. The van der Waals surface area contributed by atoms with E-state index in [1.54, 1.807) is 32.9 Å². The van der Waals surface area contributed by atoms with Gasteiger partial charge >= 0.3 is 0 Å². The number of rotatable bonds is 0. The maximum Gasteiger partial charge on any atom is 0.251 e. The lowest BCUT2D eigenvalue weighted by Crippen LogP contribution is -2.52. The lowest BCUT2D eigenvalue weighted by atomic mass is 9.93. The quantitative estimate of drug-likeness (QED) is 0.600. The molecule has 2 rings (SSSR count). The van der Waals surface area contributed by atoms with E-state index in [2.05, 4.69) is 0 Å². The lowest BCUT2D eigenvalue weighted by molar-refractivity contribution is -0.247. The Labute approximate surface area is 82.4 Å². The van der Waals surface area contributed by atoms with Crippen molar-refractivity contribution in [3.63, 3.8) is 0 Å². The Bertz CT molecular complexity index is 331. The van der Waals surface area contributed by atoms with Gasteiger partial charge in [0.05, 0.1) is 0 Å². The number of hydrogen-bond acceptors (Lipinski definition) is 4. The molecule has 0 unspecified atom stereocenters. The minimum Gasteiger partial charge on any atom is -0.358 e. The Morgan fingerprint density at radius 1 is 1.21 bits per heavy atom. The van der Waals surface area contributed by atoms with Gasteiger partial charge in [-0.15, -0.1) is 0 Å². The third-order valence-corrected chi connectivity index (χ3v) is 2.48. The fourth-order valence-corrected chi connectivity index (χ4v) is 1.84. The maximum absolute atomic E-state index is 10.2. The van der Waals surface area contributed by atoms with E-state index in [0.29, 0.717) is 5.57 Å². The summed E-state index contributed by atoms with van der Waals surface area (Å²) >= 11 is 0. The van der Waals surface area contributed by atoms with Crippen LogP contribution in [0.3, 0.4) is 0 Å². The lowest BCUT2D eigenvalue weighted by Gasteiger charge is -2.34. The molecule has 78 valence electrons. The van der Waals surface area contributed by atoms with Crippen molar-refractivity contribution in [3.05, 3.63) is 23.8 Å². The molecule has 0 spiro atoms. The summed E-state index contributed by atoms with van der Waals surface area (Å²) in [4.78, 5) is 0. The molecule has 1 aliphatic heterocycles. The van der Waals surface area contributed by atoms with E-state index >= 15 is 0 Å². The molecule has 4 heteroatoms. The zero-order valence-electron chi connectivity index (χ0n) is 8.44. The van der Waals surface area contributed by atoms with Gasteiger partial charge in [0.1, 0.15) is 0 Å². The number of allylic oxidation sites excluding steroid dienone is 2. The van der Waals surface area contributed by atoms with E-state index in [1.165, 1.54) is 6.08 Å². The standard InChI is InChI=1S/C10H14O4/c1-7-5-4-6-9(11)10(7,12)14-8(2,3)13-9/h4-6,11-12H,1-3H3/t9-,10+/m0/s1. The average Bonchev–Trinajstić information content (AvgIpc) is 2.17. The summed E-state index contributed by atoms with van der Waals surface area (Å²) in [5, 5.41) is 20.2. The number of hydrogen-bond donors (Lipinski definition) is 2. The van der Waals surface area contributed by atoms with Crippen molar-refractivity contribution >= 4 is 0 Å². The molecule has 0 saturated carbocycles. The van der Waals surface area contributed by atoms with Crippen LogP contribution in [-0.4, -0.2) is 27.6 Å². The first-order valence-electron chi connectivity index (χ1n) is 4.51. The molecule has 4 nitrogen and oxygen atoms in total. The van der Waals surface area contributed by atoms with Gasteiger partial charge < -0.3 is 19.7 Å². The molecule has 0 aromatic heterocycles. The van der Waals surface area contributed by atoms with Crippen LogP contribution in [-0.2, 0) is 9.47 Å². The predicted octanol–water partition coefficient (Wildman–Crippen LogP) is 0.663. The first-order chi connectivity index (χ1) is 6.29. The molecular formula is C10H14O4. The Morgan fingerprint density at radius 2 is 1.86 bits per heavy atom. The molecule has 1 heterocycles. The minimum atomic E-state index is -1.78. The van der Waals surface area contributed by atoms with Crippen LogP contribution in [0, 0.1) is 0 Å². The second-order valence-electron chi connectivity index (χ2n) is 4.15. The van der Waals surface area contributed by atoms with Crippen LogP contribution >= 0.6 is 0 Å². The summed E-state index contributed by atoms with van der Waals surface area (Å²) in [6, 6.07) is 0. The monoisotopic (exact) mass is 198 g/mol. The Hall–Kier alpha value is -0.680. The van der Waals surface area contributed by atoms with E-state index in [9.17, 15) is 10.2 Å². The third-order valence-electron chi connectivity index (χ3n) is 2.48. The van der Waals surface area contributed by atoms with Crippen molar-refractivity contribution < 1.29 is 19.7 Å². The van der Waals surface area contributed by atoms with Crippen LogP contribution in [0.5, 0.6) is 0 Å². The van der Waals surface area contributed by atoms with Gasteiger partial charge in [0.15, 0.2) is 5.79 Å². The van der Waals surface area contributed by atoms with E-state index < -0.39 is 17.4 Å². The summed E-state index contributed by atoms with van der Waals surface area (Å²) < 4.78 is 10.6. The van der Waals surface area contributed by atoms with Gasteiger partial charge in [-0.2, -0.15) is 0 Å². The van der Waals surface area contributed by atoms with Crippen LogP contribution in [0.15, 0.2) is 23.8 Å². The summed E-state index contributed by atoms with van der Waals surface area (Å²) in [6.07, 6.45) is 4.70. The molecular weight excluding hydrogens is 184 g/mol. The van der Waals surface area contributed by atoms with Gasteiger partial charge in [-0.1, -0.05) is 12.2 Å². The first kappa shape index (κ1) is 9.86. The zero-order chi connectivity index (χ0) is 10.6. The van der Waals surface area contributed by atoms with E-state index in [4.69, 9.17) is 9.47 Å². The van der Waals surface area contributed by atoms with Crippen molar-refractivity contribution in [1.82, 2.24) is 0 Å². The highest BCUT2D eigenvalue weighted by molar-refractivity contribution is 5.32. The Morgan fingerprint density at radius 3 is 2.43 bits per heavy atom. The molecule has 0 aromatic carbocycles. The SMILES string of the molecule is CC1=CC=C[C@]2(O)OC(C)(C)O[C@]12O. The van der Waals surface area contributed by atoms with Gasteiger partial charge in [-0.25, -0.2) is 0 Å². The van der Waals surface area contributed by atoms with Gasteiger partial charge in [0.25, 0.3) is 5.79 Å². The molecule has 2 atom stereocenters. The summed E-state index contributed by atoms with van der Waals surface area (Å²) in [5.41, 5.74) is 0.521. The van der Waals surface area contributed by atoms with Crippen LogP contribution in [0.4, 0.5) is 0 Å². The molecule has 2 N–H and O–H groups in total. The van der Waals surface area contributed by atoms with Crippen LogP contribution < -0.4 is 0 Å². The predicted molar refractivity (Wildman–Crippen MR) is 49.0 cm³/mol. The van der Waals surface area contributed by atoms with Crippen molar-refractivity contribution in [1.29, 1.82) is 0 Å². The number of fused-ring (bicyclic) bond motifs is 1. The highest BCUT2D eigenvalue weighted by Crippen LogP contribution is 2.47. The van der Waals surface area contributed by atoms with Crippen LogP contribution in [0.25, 0.3) is 0 Å². The van der Waals surface area contributed by atoms with Gasteiger partial charge in [0.2, 0.25) is 5.79 Å². The van der Waals surface area contributed by atoms with Crippen molar-refractivity contribution in [2.45, 2.75) is 38.1 Å². The van der Waals surface area contributed by atoms with E-state index in [1.807, 2.05) is 0 Å². The van der Waals surface area contributed by atoms with Crippen LogP contribution in [0.2, 0.25) is 0 Å². The molecule has 0 radical (unpaired) electrons. The Kier molecular flexibility index (Phi) is 1.73. The third kappa shape index (κ3) is 1.09. The van der Waals surface area contributed by atoms with Gasteiger partial charge in [-0.05, 0) is 32.4 Å². The summed E-state index contributed by atoms with van der Waals surface area (Å²) in [6.45, 7) is 4.96. The normalized spacial score (nSPS) is 44.8. The minimum absolute atomic E-state index is 0.521. The molecule has 2 aliphatic rings. The average molecular weight is 198 g/mol.